The minimum absolute atomic E-state index is 0.411. The Kier molecular flexibility index (Phi) is 4.29. The van der Waals surface area contributed by atoms with Gasteiger partial charge in [-0.3, -0.25) is 4.79 Å². The number of nitrogens with one attached hydrogen (secondary N) is 1. The average Bonchev–Trinajstić information content (AvgIpc) is 2.65. The zero-order valence-electron chi connectivity index (χ0n) is 11.7. The Balaban J connectivity index is 2.00. The summed E-state index contributed by atoms with van der Waals surface area (Å²) in [5.74, 6) is 0.305. The van der Waals surface area contributed by atoms with Crippen LogP contribution >= 0.6 is 23.4 Å². The highest BCUT2D eigenvalue weighted by atomic mass is 35.5. The number of rotatable bonds is 2. The quantitative estimate of drug-likeness (QED) is 0.882. The summed E-state index contributed by atoms with van der Waals surface area (Å²) in [7, 11) is 1.59. The number of aliphatic hydroxyl groups excluding tert-OH is 1. The fourth-order valence-corrected chi connectivity index (χ4v) is 3.78. The minimum Gasteiger partial charge on any atom is -0.497 e. The first-order valence-corrected chi connectivity index (χ1v) is 7.93. The van der Waals surface area contributed by atoms with Crippen LogP contribution in [0, 0.1) is 0 Å². The molecule has 0 saturated carbocycles. The van der Waals surface area contributed by atoms with E-state index >= 15 is 0 Å². The number of carbonyl (C=O) groups excluding carboxylic acids is 1. The SMILES string of the molecule is COc1ccc([C@H]2Sc3cc(Cl)ccc3NC(=O)[C@H]2O)cc1. The molecule has 2 aromatic carbocycles. The molecule has 1 aliphatic heterocycles. The number of anilines is 1. The van der Waals surface area contributed by atoms with Crippen LogP contribution in [0.25, 0.3) is 0 Å². The summed E-state index contributed by atoms with van der Waals surface area (Å²) in [4.78, 5) is 13.0. The summed E-state index contributed by atoms with van der Waals surface area (Å²) in [5.41, 5.74) is 1.51. The van der Waals surface area contributed by atoms with E-state index in [4.69, 9.17) is 16.3 Å². The summed E-state index contributed by atoms with van der Waals surface area (Å²) in [6.45, 7) is 0. The highest BCUT2D eigenvalue weighted by Gasteiger charge is 2.32. The molecule has 0 fully saturated rings. The van der Waals surface area contributed by atoms with Crippen molar-refractivity contribution in [2.45, 2.75) is 16.2 Å². The molecule has 0 spiro atoms. The number of aliphatic hydroxyl groups is 1. The molecule has 2 N–H and O–H groups in total. The third-order valence-corrected chi connectivity index (χ3v) is 5.07. The van der Waals surface area contributed by atoms with Crippen LogP contribution in [0.3, 0.4) is 0 Å². The Morgan fingerprint density at radius 2 is 1.95 bits per heavy atom. The number of carbonyl (C=O) groups is 1. The molecule has 0 aromatic heterocycles. The van der Waals surface area contributed by atoms with Gasteiger partial charge in [-0.2, -0.15) is 0 Å². The number of ether oxygens (including phenoxy) is 1. The van der Waals surface area contributed by atoms with E-state index in [0.717, 1.165) is 16.2 Å². The molecule has 0 bridgehead atoms. The Labute approximate surface area is 137 Å². The number of hydrogen-bond acceptors (Lipinski definition) is 4. The highest BCUT2D eigenvalue weighted by Crippen LogP contribution is 2.44. The third-order valence-electron chi connectivity index (χ3n) is 3.46. The minimum atomic E-state index is -1.15. The molecule has 0 radical (unpaired) electrons. The fourth-order valence-electron chi connectivity index (χ4n) is 2.29. The number of thioether (sulfide) groups is 1. The van der Waals surface area contributed by atoms with Gasteiger partial charge in [-0.15, -0.1) is 11.8 Å². The zero-order valence-corrected chi connectivity index (χ0v) is 13.3. The Morgan fingerprint density at radius 1 is 1.23 bits per heavy atom. The molecule has 2 aromatic rings. The van der Waals surface area contributed by atoms with Gasteiger partial charge in [0.15, 0.2) is 0 Å². The van der Waals surface area contributed by atoms with Crippen LogP contribution in [0.1, 0.15) is 10.8 Å². The molecule has 114 valence electrons. The van der Waals surface area contributed by atoms with Gasteiger partial charge in [-0.1, -0.05) is 23.7 Å². The Hall–Kier alpha value is -1.69. The monoisotopic (exact) mass is 335 g/mol. The number of amides is 1. The normalized spacial score (nSPS) is 20.8. The topological polar surface area (TPSA) is 58.6 Å². The molecular weight excluding hydrogens is 322 g/mol. The van der Waals surface area contributed by atoms with Gasteiger partial charge in [0.1, 0.15) is 11.9 Å². The highest BCUT2D eigenvalue weighted by molar-refractivity contribution is 7.99. The molecule has 3 rings (SSSR count). The van der Waals surface area contributed by atoms with E-state index in [9.17, 15) is 9.90 Å². The first kappa shape index (κ1) is 15.2. The third kappa shape index (κ3) is 2.92. The molecule has 0 saturated heterocycles. The first-order valence-electron chi connectivity index (χ1n) is 6.67. The fraction of sp³-hybridized carbons (Fsp3) is 0.188. The van der Waals surface area contributed by atoms with Crippen molar-refractivity contribution >= 4 is 35.0 Å². The van der Waals surface area contributed by atoms with Crippen molar-refractivity contribution in [2.75, 3.05) is 12.4 Å². The van der Waals surface area contributed by atoms with E-state index in [1.54, 1.807) is 25.3 Å². The largest absolute Gasteiger partial charge is 0.497 e. The van der Waals surface area contributed by atoms with Crippen molar-refractivity contribution in [3.8, 4) is 5.75 Å². The van der Waals surface area contributed by atoms with Gasteiger partial charge in [0.05, 0.1) is 18.0 Å². The van der Waals surface area contributed by atoms with E-state index < -0.39 is 17.3 Å². The van der Waals surface area contributed by atoms with Gasteiger partial charge in [-0.05, 0) is 35.9 Å². The maximum absolute atomic E-state index is 12.1. The van der Waals surface area contributed by atoms with Crippen molar-refractivity contribution < 1.29 is 14.6 Å². The van der Waals surface area contributed by atoms with Crippen LogP contribution in [0.5, 0.6) is 5.75 Å². The lowest BCUT2D eigenvalue weighted by Crippen LogP contribution is -2.30. The Bertz CT molecular complexity index is 705. The summed E-state index contributed by atoms with van der Waals surface area (Å²) in [6, 6.07) is 12.6. The van der Waals surface area contributed by atoms with Gasteiger partial charge in [0.2, 0.25) is 0 Å². The van der Waals surface area contributed by atoms with Crippen LogP contribution in [0.4, 0.5) is 5.69 Å². The number of fused-ring (bicyclic) bond motifs is 1. The first-order chi connectivity index (χ1) is 10.6. The lowest BCUT2D eigenvalue weighted by atomic mass is 10.1. The zero-order chi connectivity index (χ0) is 15.7. The molecule has 6 heteroatoms. The number of methoxy groups -OCH3 is 1. The van der Waals surface area contributed by atoms with Gasteiger partial charge in [-0.25, -0.2) is 0 Å². The maximum Gasteiger partial charge on any atom is 0.254 e. The van der Waals surface area contributed by atoms with Crippen LogP contribution < -0.4 is 10.1 Å². The predicted octanol–water partition coefficient (Wildman–Crippen LogP) is 3.50. The number of hydrogen-bond donors (Lipinski definition) is 2. The number of halogens is 1. The number of benzene rings is 2. The van der Waals surface area contributed by atoms with Crippen LogP contribution in [-0.4, -0.2) is 24.2 Å². The van der Waals surface area contributed by atoms with E-state index in [1.807, 2.05) is 24.3 Å². The van der Waals surface area contributed by atoms with Gasteiger partial charge in [0.25, 0.3) is 5.91 Å². The standard InChI is InChI=1S/C16H14ClNO3S/c1-21-11-5-2-9(3-6-11)15-14(19)16(20)18-12-7-4-10(17)8-13(12)22-15/h2-8,14-15,19H,1H3,(H,18,20)/t14-,15+/m0/s1. The van der Waals surface area contributed by atoms with Crippen molar-refractivity contribution in [2.24, 2.45) is 0 Å². The summed E-state index contributed by atoms with van der Waals surface area (Å²) < 4.78 is 5.14. The van der Waals surface area contributed by atoms with Gasteiger partial charge >= 0.3 is 0 Å². The smallest absolute Gasteiger partial charge is 0.254 e. The second-order valence-corrected chi connectivity index (χ2v) is 6.51. The summed E-state index contributed by atoms with van der Waals surface area (Å²) in [6.07, 6.45) is -1.15. The molecular formula is C16H14ClNO3S. The summed E-state index contributed by atoms with van der Waals surface area (Å²) >= 11 is 7.44. The molecule has 1 amide bonds. The second kappa shape index (κ2) is 6.20. The van der Waals surface area contributed by atoms with Crippen molar-refractivity contribution in [3.63, 3.8) is 0 Å². The van der Waals surface area contributed by atoms with Gasteiger partial charge < -0.3 is 15.2 Å². The van der Waals surface area contributed by atoms with Crippen LogP contribution in [0.2, 0.25) is 5.02 Å². The van der Waals surface area contributed by atoms with Crippen LogP contribution in [0.15, 0.2) is 47.4 Å². The van der Waals surface area contributed by atoms with Gasteiger partial charge in [0, 0.05) is 9.92 Å². The molecule has 1 aliphatic rings. The molecule has 22 heavy (non-hydrogen) atoms. The van der Waals surface area contributed by atoms with Crippen molar-refractivity contribution in [3.05, 3.63) is 53.1 Å². The lowest BCUT2D eigenvalue weighted by Gasteiger charge is -2.19. The van der Waals surface area contributed by atoms with Crippen LogP contribution in [-0.2, 0) is 4.79 Å². The van der Waals surface area contributed by atoms with E-state index in [2.05, 4.69) is 5.32 Å². The molecule has 0 unspecified atom stereocenters. The van der Waals surface area contributed by atoms with E-state index in [-0.39, 0.29) is 0 Å². The molecule has 1 heterocycles. The van der Waals surface area contributed by atoms with Crippen molar-refractivity contribution in [1.29, 1.82) is 0 Å². The second-order valence-electron chi connectivity index (χ2n) is 4.89. The maximum atomic E-state index is 12.1. The predicted molar refractivity (Wildman–Crippen MR) is 87.7 cm³/mol. The Morgan fingerprint density at radius 3 is 2.64 bits per heavy atom. The molecule has 2 atom stereocenters. The molecule has 0 aliphatic carbocycles. The molecule has 4 nitrogen and oxygen atoms in total. The summed E-state index contributed by atoms with van der Waals surface area (Å²) in [5, 5.41) is 13.2. The van der Waals surface area contributed by atoms with E-state index in [1.165, 1.54) is 11.8 Å². The van der Waals surface area contributed by atoms with Crippen molar-refractivity contribution in [1.82, 2.24) is 0 Å². The lowest BCUT2D eigenvalue weighted by molar-refractivity contribution is -0.124. The average molecular weight is 336 g/mol. The van der Waals surface area contributed by atoms with E-state index in [0.29, 0.717) is 10.7 Å².